The Morgan fingerprint density at radius 1 is 1.31 bits per heavy atom. The van der Waals surface area contributed by atoms with Gasteiger partial charge in [0.2, 0.25) is 5.91 Å². The van der Waals surface area contributed by atoms with Gasteiger partial charge in [0, 0.05) is 45.5 Å². The minimum Gasteiger partial charge on any atom is -0.369 e. The molecular weight excluding hydrogens is 441 g/mol. The van der Waals surface area contributed by atoms with Gasteiger partial charge in [0.25, 0.3) is 0 Å². The molecule has 146 valence electrons. The molecule has 7 heteroatoms. The molecule has 0 spiro atoms. The Balaban J connectivity index is 0.00000338. The third-order valence-corrected chi connectivity index (χ3v) is 4.38. The molecule has 0 bridgehead atoms. The zero-order chi connectivity index (χ0) is 18.2. The first-order valence-electron chi connectivity index (χ1n) is 9.06. The number of hydrogen-bond donors (Lipinski definition) is 2. The number of aryl methyl sites for hydroxylation is 1. The van der Waals surface area contributed by atoms with Crippen molar-refractivity contribution in [2.75, 3.05) is 45.2 Å². The molecule has 1 fully saturated rings. The minimum absolute atomic E-state index is 0. The Bertz CT molecular complexity index is 588. The molecule has 2 N–H and O–H groups in total. The van der Waals surface area contributed by atoms with Gasteiger partial charge in [0.1, 0.15) is 6.54 Å². The Kier molecular flexibility index (Phi) is 9.75. The Labute approximate surface area is 174 Å². The summed E-state index contributed by atoms with van der Waals surface area (Å²) in [6.45, 7) is 7.10. The molecule has 1 aromatic carbocycles. The van der Waals surface area contributed by atoms with Crippen LogP contribution in [0.25, 0.3) is 0 Å². The number of carbonyl (C=O) groups excluding carboxylic acids is 1. The highest BCUT2D eigenvalue weighted by Crippen LogP contribution is 2.20. The summed E-state index contributed by atoms with van der Waals surface area (Å²) in [7, 11) is 3.50. The lowest BCUT2D eigenvalue weighted by Crippen LogP contribution is -2.51. The number of rotatable bonds is 5. The summed E-state index contributed by atoms with van der Waals surface area (Å²) in [5.41, 5.74) is 2.55. The summed E-state index contributed by atoms with van der Waals surface area (Å²) in [5, 5.41) is 6.72. The maximum Gasteiger partial charge on any atom is 0.243 e. The van der Waals surface area contributed by atoms with E-state index in [1.165, 1.54) is 11.3 Å². The molecule has 1 aliphatic heterocycles. The van der Waals surface area contributed by atoms with Crippen molar-refractivity contribution in [3.05, 3.63) is 29.8 Å². The maximum absolute atomic E-state index is 11.8. The van der Waals surface area contributed by atoms with E-state index in [9.17, 15) is 4.79 Å². The number of hydrogen-bond acceptors (Lipinski definition) is 3. The van der Waals surface area contributed by atoms with E-state index < -0.39 is 0 Å². The van der Waals surface area contributed by atoms with Crippen LogP contribution in [0, 0.1) is 6.92 Å². The van der Waals surface area contributed by atoms with Crippen LogP contribution in [0.15, 0.2) is 29.3 Å². The normalized spacial score (nSPS) is 17.3. The van der Waals surface area contributed by atoms with Crippen molar-refractivity contribution in [2.24, 2.45) is 4.99 Å². The largest absolute Gasteiger partial charge is 0.369 e. The molecule has 6 nitrogen and oxygen atoms in total. The molecule has 1 heterocycles. The predicted molar refractivity (Wildman–Crippen MR) is 120 cm³/mol. The van der Waals surface area contributed by atoms with Gasteiger partial charge in [0.05, 0.1) is 0 Å². The number of benzene rings is 1. The highest BCUT2D eigenvalue weighted by Gasteiger charge is 2.21. The molecule has 0 aliphatic carbocycles. The van der Waals surface area contributed by atoms with Crippen molar-refractivity contribution in [3.8, 4) is 0 Å². The number of piperidine rings is 1. The summed E-state index contributed by atoms with van der Waals surface area (Å²) in [6.07, 6.45) is 2.25. The van der Waals surface area contributed by atoms with E-state index in [2.05, 4.69) is 51.7 Å². The molecule has 1 unspecified atom stereocenters. The average molecular weight is 473 g/mol. The molecule has 1 amide bonds. The molecule has 0 aromatic heterocycles. The van der Waals surface area contributed by atoms with Gasteiger partial charge in [-0.3, -0.25) is 4.79 Å². The number of carbonyl (C=O) groups is 1. The summed E-state index contributed by atoms with van der Waals surface area (Å²) in [4.78, 5) is 20.2. The van der Waals surface area contributed by atoms with Crippen molar-refractivity contribution < 1.29 is 4.79 Å². The molecule has 1 saturated heterocycles. The fraction of sp³-hybridized carbons (Fsp3) is 0.579. The second kappa shape index (κ2) is 11.3. The number of anilines is 1. The minimum atomic E-state index is 0. The van der Waals surface area contributed by atoms with Crippen LogP contribution in [0.2, 0.25) is 0 Å². The van der Waals surface area contributed by atoms with E-state index in [0.717, 1.165) is 32.5 Å². The van der Waals surface area contributed by atoms with E-state index in [1.54, 1.807) is 19.0 Å². The van der Waals surface area contributed by atoms with Gasteiger partial charge in [-0.05, 0) is 38.8 Å². The van der Waals surface area contributed by atoms with Crippen LogP contribution in [0.1, 0.15) is 25.3 Å². The van der Waals surface area contributed by atoms with Crippen molar-refractivity contribution in [2.45, 2.75) is 32.7 Å². The second-order valence-electron chi connectivity index (χ2n) is 6.75. The molecule has 0 saturated carbocycles. The van der Waals surface area contributed by atoms with E-state index >= 15 is 0 Å². The van der Waals surface area contributed by atoms with Gasteiger partial charge in [-0.1, -0.05) is 17.7 Å². The number of halogens is 1. The quantitative estimate of drug-likeness (QED) is 0.391. The second-order valence-corrected chi connectivity index (χ2v) is 6.75. The molecular formula is C19H32IN5O. The van der Waals surface area contributed by atoms with Crippen LogP contribution in [-0.4, -0.2) is 63.1 Å². The first-order valence-corrected chi connectivity index (χ1v) is 9.06. The van der Waals surface area contributed by atoms with Crippen LogP contribution in [-0.2, 0) is 4.79 Å². The summed E-state index contributed by atoms with van der Waals surface area (Å²) in [6, 6.07) is 9.01. The van der Waals surface area contributed by atoms with Gasteiger partial charge in [-0.25, -0.2) is 4.99 Å². The van der Waals surface area contributed by atoms with Gasteiger partial charge < -0.3 is 20.4 Å². The fourth-order valence-electron chi connectivity index (χ4n) is 2.89. The van der Waals surface area contributed by atoms with Gasteiger partial charge in [-0.2, -0.15) is 0 Å². The zero-order valence-electron chi connectivity index (χ0n) is 16.3. The van der Waals surface area contributed by atoms with Crippen molar-refractivity contribution in [1.82, 2.24) is 15.5 Å². The lowest BCUT2D eigenvalue weighted by Gasteiger charge is -2.35. The Hall–Kier alpha value is -1.51. The summed E-state index contributed by atoms with van der Waals surface area (Å²) in [5.74, 6) is 0.718. The molecule has 1 aromatic rings. The highest BCUT2D eigenvalue weighted by molar-refractivity contribution is 14.0. The maximum atomic E-state index is 11.8. The molecule has 1 aliphatic rings. The number of aliphatic imine (C=N–C) groups is 1. The van der Waals surface area contributed by atoms with Gasteiger partial charge in [-0.15, -0.1) is 24.0 Å². The number of guanidine groups is 1. The SMILES string of the molecule is CCNC(=NCC(=O)N(C)C)NC1CCCN(c2ccc(C)cc2)C1.I. The lowest BCUT2D eigenvalue weighted by molar-refractivity contribution is -0.127. The lowest BCUT2D eigenvalue weighted by atomic mass is 10.0. The molecule has 1 atom stereocenters. The standard InChI is InChI=1S/C19H31N5O.HI/c1-5-20-19(21-13-18(25)23(3)4)22-16-7-6-12-24(14-16)17-10-8-15(2)9-11-17;/h8-11,16H,5-7,12-14H2,1-4H3,(H2,20,21,22);1H. The first kappa shape index (κ1) is 22.5. The fourth-order valence-corrected chi connectivity index (χ4v) is 2.89. The third kappa shape index (κ3) is 7.01. The number of nitrogens with one attached hydrogen (secondary N) is 2. The van der Waals surface area contributed by atoms with Crippen LogP contribution >= 0.6 is 24.0 Å². The number of amides is 1. The third-order valence-electron chi connectivity index (χ3n) is 4.38. The predicted octanol–water partition coefficient (Wildman–Crippen LogP) is 2.23. The van der Waals surface area contributed by atoms with E-state index in [-0.39, 0.29) is 36.4 Å². The Morgan fingerprint density at radius 2 is 2.00 bits per heavy atom. The van der Waals surface area contributed by atoms with Gasteiger partial charge >= 0.3 is 0 Å². The van der Waals surface area contributed by atoms with Gasteiger partial charge in [0.15, 0.2) is 5.96 Å². The first-order chi connectivity index (χ1) is 12.0. The monoisotopic (exact) mass is 473 g/mol. The van der Waals surface area contributed by atoms with Crippen molar-refractivity contribution >= 4 is 41.5 Å². The average Bonchev–Trinajstić information content (AvgIpc) is 2.60. The van der Waals surface area contributed by atoms with Crippen molar-refractivity contribution in [3.63, 3.8) is 0 Å². The number of nitrogens with zero attached hydrogens (tertiary/aromatic N) is 3. The van der Waals surface area contributed by atoms with E-state index in [0.29, 0.717) is 12.0 Å². The van der Waals surface area contributed by atoms with Crippen molar-refractivity contribution in [1.29, 1.82) is 0 Å². The summed E-state index contributed by atoms with van der Waals surface area (Å²) < 4.78 is 0. The molecule has 0 radical (unpaired) electrons. The van der Waals surface area contributed by atoms with E-state index in [1.807, 2.05) is 6.92 Å². The van der Waals surface area contributed by atoms with Crippen LogP contribution < -0.4 is 15.5 Å². The highest BCUT2D eigenvalue weighted by atomic mass is 127. The van der Waals surface area contributed by atoms with Crippen LogP contribution in [0.4, 0.5) is 5.69 Å². The summed E-state index contributed by atoms with van der Waals surface area (Å²) >= 11 is 0. The molecule has 2 rings (SSSR count). The topological polar surface area (TPSA) is 60.0 Å². The Morgan fingerprint density at radius 3 is 2.62 bits per heavy atom. The van der Waals surface area contributed by atoms with Crippen LogP contribution in [0.3, 0.4) is 0 Å². The number of likely N-dealkylation sites (N-methyl/N-ethyl adjacent to an activating group) is 1. The van der Waals surface area contributed by atoms with Crippen LogP contribution in [0.5, 0.6) is 0 Å². The smallest absolute Gasteiger partial charge is 0.243 e. The molecule has 26 heavy (non-hydrogen) atoms. The van der Waals surface area contributed by atoms with E-state index in [4.69, 9.17) is 0 Å². The zero-order valence-corrected chi connectivity index (χ0v) is 18.6.